The number of thiophene rings is 1. The number of hydrogen-bond donors (Lipinski definition) is 1. The van der Waals surface area contributed by atoms with Crippen molar-refractivity contribution in [1.29, 1.82) is 5.26 Å². The monoisotopic (exact) mass is 383 g/mol. The van der Waals surface area contributed by atoms with Crippen molar-refractivity contribution in [2.45, 2.75) is 32.1 Å². The van der Waals surface area contributed by atoms with Gasteiger partial charge in [-0.05, 0) is 61.1 Å². The molecule has 0 spiro atoms. The molecule has 2 aromatic rings. The van der Waals surface area contributed by atoms with Gasteiger partial charge in [0.15, 0.2) is 6.61 Å². The third-order valence-electron chi connectivity index (χ3n) is 4.37. The number of oxime groups is 1. The molecule has 140 valence electrons. The average molecular weight is 383 g/mol. The van der Waals surface area contributed by atoms with Gasteiger partial charge in [-0.1, -0.05) is 11.6 Å². The molecule has 1 aliphatic carbocycles. The minimum atomic E-state index is -0.324. The van der Waals surface area contributed by atoms with Gasteiger partial charge in [-0.15, -0.1) is 11.3 Å². The Morgan fingerprint density at radius 2 is 2.07 bits per heavy atom. The Morgan fingerprint density at radius 3 is 2.81 bits per heavy atom. The first-order valence-electron chi connectivity index (χ1n) is 8.85. The number of methoxy groups -OCH3 is 1. The van der Waals surface area contributed by atoms with Crippen LogP contribution < -0.4 is 10.1 Å². The summed E-state index contributed by atoms with van der Waals surface area (Å²) in [6.07, 6.45) is 6.83. The van der Waals surface area contributed by atoms with Gasteiger partial charge in [0.2, 0.25) is 0 Å². The van der Waals surface area contributed by atoms with Crippen LogP contribution in [0.5, 0.6) is 5.75 Å². The van der Waals surface area contributed by atoms with Crippen LogP contribution in [-0.2, 0) is 22.5 Å². The summed E-state index contributed by atoms with van der Waals surface area (Å²) in [5, 5.41) is 16.7. The van der Waals surface area contributed by atoms with Crippen molar-refractivity contribution in [2.24, 2.45) is 5.16 Å². The standard InChI is InChI=1S/C20H21N3O3S/c1-25-15-9-7-14(8-10-15)12-22-26-13-19(24)23-20-17(11-21)16-5-3-2-4-6-18(16)27-20/h7-10,12H,2-6,13H2,1H3,(H,23,24)/b22-12+. The normalized spacial score (nSPS) is 13.5. The van der Waals surface area contributed by atoms with Crippen LogP contribution in [0.2, 0.25) is 0 Å². The quantitative estimate of drug-likeness (QED) is 0.466. The molecule has 7 heteroatoms. The van der Waals surface area contributed by atoms with Crippen molar-refractivity contribution in [3.8, 4) is 11.8 Å². The second-order valence-corrected chi connectivity index (χ2v) is 7.31. The van der Waals surface area contributed by atoms with E-state index in [0.29, 0.717) is 10.6 Å². The van der Waals surface area contributed by atoms with Crippen molar-refractivity contribution >= 4 is 28.5 Å². The van der Waals surface area contributed by atoms with Crippen LogP contribution in [0.4, 0.5) is 5.00 Å². The number of anilines is 1. The second kappa shape index (κ2) is 9.19. The number of nitrogens with one attached hydrogen (secondary N) is 1. The summed E-state index contributed by atoms with van der Waals surface area (Å²) in [5.41, 5.74) is 2.55. The Kier molecular flexibility index (Phi) is 6.44. The molecule has 27 heavy (non-hydrogen) atoms. The SMILES string of the molecule is COc1ccc(/C=N/OCC(=O)Nc2sc3c(c2C#N)CCCCC3)cc1. The van der Waals surface area contributed by atoms with Gasteiger partial charge in [-0.3, -0.25) is 4.79 Å². The number of benzene rings is 1. The van der Waals surface area contributed by atoms with E-state index < -0.39 is 0 Å². The maximum atomic E-state index is 12.1. The number of fused-ring (bicyclic) bond motifs is 1. The van der Waals surface area contributed by atoms with Crippen LogP contribution in [0.25, 0.3) is 0 Å². The van der Waals surface area contributed by atoms with Crippen molar-refractivity contribution in [3.05, 3.63) is 45.8 Å². The third kappa shape index (κ3) is 4.86. The van der Waals surface area contributed by atoms with Crippen molar-refractivity contribution < 1.29 is 14.4 Å². The van der Waals surface area contributed by atoms with Crippen LogP contribution in [0.1, 0.15) is 40.8 Å². The van der Waals surface area contributed by atoms with Gasteiger partial charge >= 0.3 is 0 Å². The van der Waals surface area contributed by atoms with E-state index in [1.807, 2.05) is 24.3 Å². The van der Waals surface area contributed by atoms with Gasteiger partial charge in [0.05, 0.1) is 18.9 Å². The lowest BCUT2D eigenvalue weighted by atomic mass is 10.1. The molecule has 1 aromatic carbocycles. The highest BCUT2D eigenvalue weighted by Gasteiger charge is 2.20. The van der Waals surface area contributed by atoms with E-state index in [1.165, 1.54) is 28.8 Å². The number of carbonyl (C=O) groups is 1. The number of carbonyl (C=O) groups excluding carboxylic acids is 1. The van der Waals surface area contributed by atoms with Gasteiger partial charge in [0.1, 0.15) is 16.8 Å². The molecule has 3 rings (SSSR count). The van der Waals surface area contributed by atoms with Crippen LogP contribution in [0.15, 0.2) is 29.4 Å². The number of nitriles is 1. The first-order valence-corrected chi connectivity index (χ1v) is 9.66. The number of hydrogen-bond acceptors (Lipinski definition) is 6. The molecule has 6 nitrogen and oxygen atoms in total. The lowest BCUT2D eigenvalue weighted by Gasteiger charge is -2.03. The third-order valence-corrected chi connectivity index (χ3v) is 5.58. The molecular formula is C20H21N3O3S. The average Bonchev–Trinajstić information content (AvgIpc) is 2.85. The maximum absolute atomic E-state index is 12.1. The zero-order chi connectivity index (χ0) is 19.1. The Morgan fingerprint density at radius 1 is 1.30 bits per heavy atom. The summed E-state index contributed by atoms with van der Waals surface area (Å²) in [6.45, 7) is -0.208. The highest BCUT2D eigenvalue weighted by Crippen LogP contribution is 2.36. The number of nitrogens with zero attached hydrogens (tertiary/aromatic N) is 2. The topological polar surface area (TPSA) is 83.7 Å². The maximum Gasteiger partial charge on any atom is 0.265 e. The number of rotatable bonds is 6. The lowest BCUT2D eigenvalue weighted by Crippen LogP contribution is -2.17. The highest BCUT2D eigenvalue weighted by atomic mass is 32.1. The molecule has 0 radical (unpaired) electrons. The minimum Gasteiger partial charge on any atom is -0.497 e. The summed E-state index contributed by atoms with van der Waals surface area (Å²) in [7, 11) is 1.61. The molecular weight excluding hydrogens is 362 g/mol. The molecule has 1 N–H and O–H groups in total. The molecule has 0 saturated carbocycles. The van der Waals surface area contributed by atoms with Crippen molar-refractivity contribution in [1.82, 2.24) is 0 Å². The predicted molar refractivity (Wildman–Crippen MR) is 105 cm³/mol. The van der Waals surface area contributed by atoms with E-state index >= 15 is 0 Å². The Labute approximate surface area is 162 Å². The molecule has 0 aliphatic heterocycles. The first kappa shape index (κ1) is 18.9. The number of ether oxygens (including phenoxy) is 1. The smallest absolute Gasteiger partial charge is 0.265 e. The summed E-state index contributed by atoms with van der Waals surface area (Å²) >= 11 is 1.51. The Bertz CT molecular complexity index is 866. The van der Waals surface area contributed by atoms with Gasteiger partial charge in [0, 0.05) is 4.88 Å². The molecule has 0 fully saturated rings. The molecule has 0 atom stereocenters. The molecule has 0 saturated heterocycles. The molecule has 1 heterocycles. The molecule has 0 bridgehead atoms. The summed E-state index contributed by atoms with van der Waals surface area (Å²) < 4.78 is 5.09. The summed E-state index contributed by atoms with van der Waals surface area (Å²) in [4.78, 5) is 18.4. The van der Waals surface area contributed by atoms with Gasteiger partial charge in [0.25, 0.3) is 5.91 Å². The van der Waals surface area contributed by atoms with E-state index in [0.717, 1.165) is 42.6 Å². The fourth-order valence-corrected chi connectivity index (χ4v) is 4.25. The molecule has 1 aliphatic rings. The van der Waals surface area contributed by atoms with Crippen LogP contribution in [0, 0.1) is 11.3 Å². The fourth-order valence-electron chi connectivity index (χ4n) is 3.00. The Balaban J connectivity index is 1.55. The summed E-state index contributed by atoms with van der Waals surface area (Å²) in [6, 6.07) is 9.56. The van der Waals surface area contributed by atoms with E-state index in [-0.39, 0.29) is 12.5 Å². The van der Waals surface area contributed by atoms with E-state index in [1.54, 1.807) is 7.11 Å². The van der Waals surface area contributed by atoms with Crippen LogP contribution in [-0.4, -0.2) is 25.8 Å². The minimum absolute atomic E-state index is 0.208. The van der Waals surface area contributed by atoms with Gasteiger partial charge in [-0.25, -0.2) is 0 Å². The zero-order valence-corrected chi connectivity index (χ0v) is 16.0. The van der Waals surface area contributed by atoms with E-state index in [9.17, 15) is 10.1 Å². The van der Waals surface area contributed by atoms with Crippen LogP contribution >= 0.6 is 11.3 Å². The lowest BCUT2D eigenvalue weighted by molar-refractivity contribution is -0.120. The van der Waals surface area contributed by atoms with Crippen molar-refractivity contribution in [2.75, 3.05) is 19.0 Å². The van der Waals surface area contributed by atoms with E-state index in [4.69, 9.17) is 9.57 Å². The van der Waals surface area contributed by atoms with Crippen LogP contribution in [0.3, 0.4) is 0 Å². The van der Waals surface area contributed by atoms with Gasteiger partial charge in [-0.2, -0.15) is 5.26 Å². The van der Waals surface area contributed by atoms with E-state index in [2.05, 4.69) is 16.5 Å². The largest absolute Gasteiger partial charge is 0.497 e. The fraction of sp³-hybridized carbons (Fsp3) is 0.350. The zero-order valence-electron chi connectivity index (χ0n) is 15.2. The highest BCUT2D eigenvalue weighted by molar-refractivity contribution is 7.16. The number of aryl methyl sites for hydroxylation is 1. The first-order chi connectivity index (χ1) is 13.2. The molecule has 1 aromatic heterocycles. The predicted octanol–water partition coefficient (Wildman–Crippen LogP) is 3.89. The second-order valence-electron chi connectivity index (χ2n) is 6.21. The van der Waals surface area contributed by atoms with Gasteiger partial charge < -0.3 is 14.9 Å². The molecule has 0 unspecified atom stereocenters. The Hall–Kier alpha value is -2.85. The van der Waals surface area contributed by atoms with Crippen molar-refractivity contribution in [3.63, 3.8) is 0 Å². The molecule has 1 amide bonds. The summed E-state index contributed by atoms with van der Waals surface area (Å²) in [5.74, 6) is 0.435. The number of amides is 1.